The fourth-order valence-corrected chi connectivity index (χ4v) is 6.51. The molecule has 1 N–H and O–H groups in total. The molecule has 3 aromatic carbocycles. The average molecular weight is 644 g/mol. The molecule has 11 heteroatoms. The summed E-state index contributed by atoms with van der Waals surface area (Å²) in [7, 11) is 0. The van der Waals surface area contributed by atoms with Crippen LogP contribution in [0.3, 0.4) is 0 Å². The van der Waals surface area contributed by atoms with Gasteiger partial charge in [-0.25, -0.2) is 4.79 Å². The molecule has 3 aromatic rings. The van der Waals surface area contributed by atoms with Crippen LogP contribution in [-0.4, -0.2) is 77.1 Å². The van der Waals surface area contributed by atoms with E-state index in [-0.39, 0.29) is 11.5 Å². The second kappa shape index (κ2) is 14.0. The number of benzene rings is 3. The zero-order valence-corrected chi connectivity index (χ0v) is 25.7. The van der Waals surface area contributed by atoms with Crippen molar-refractivity contribution in [3.63, 3.8) is 0 Å². The number of carboxylic acid groups (broad SMARTS) is 1. The Hall–Kier alpha value is -2.92. The van der Waals surface area contributed by atoms with E-state index in [1.807, 2.05) is 30.3 Å². The minimum absolute atomic E-state index is 0.163. The molecule has 218 valence electrons. The Morgan fingerprint density at radius 3 is 2.50 bits per heavy atom. The Bertz CT molecular complexity index is 1520. The van der Waals surface area contributed by atoms with E-state index in [1.165, 1.54) is 11.8 Å². The predicted molar refractivity (Wildman–Crippen MR) is 172 cm³/mol. The molecular formula is C31H28Cl2N2O5S2. The number of nitrogens with zero attached hydrogens (tertiary/aromatic N) is 2. The van der Waals surface area contributed by atoms with E-state index in [1.54, 1.807) is 41.3 Å². The number of rotatable bonds is 10. The highest BCUT2D eigenvalue weighted by molar-refractivity contribution is 8.26. The summed E-state index contributed by atoms with van der Waals surface area (Å²) in [5.41, 5.74) is 3.53. The minimum atomic E-state index is -0.974. The summed E-state index contributed by atoms with van der Waals surface area (Å²) in [6.45, 7) is 4.91. The van der Waals surface area contributed by atoms with Gasteiger partial charge in [-0.3, -0.25) is 14.6 Å². The molecule has 2 fully saturated rings. The second-order valence-corrected chi connectivity index (χ2v) is 12.3. The number of carboxylic acids is 1. The van der Waals surface area contributed by atoms with E-state index < -0.39 is 5.97 Å². The second-order valence-electron chi connectivity index (χ2n) is 9.77. The highest BCUT2D eigenvalue weighted by Crippen LogP contribution is 2.39. The molecule has 5 rings (SSSR count). The number of carbonyl (C=O) groups excluding carboxylic acids is 1. The van der Waals surface area contributed by atoms with Crippen LogP contribution < -0.4 is 4.74 Å². The van der Waals surface area contributed by atoms with Gasteiger partial charge in [0.15, 0.2) is 0 Å². The number of aromatic carboxylic acids is 1. The molecule has 0 unspecified atom stereocenters. The Morgan fingerprint density at radius 2 is 1.79 bits per heavy atom. The van der Waals surface area contributed by atoms with Gasteiger partial charge in [0.2, 0.25) is 0 Å². The fourth-order valence-electron chi connectivity index (χ4n) is 4.69. The smallest absolute Gasteiger partial charge is 0.335 e. The van der Waals surface area contributed by atoms with Crippen LogP contribution in [-0.2, 0) is 16.0 Å². The molecule has 0 spiro atoms. The molecule has 0 radical (unpaired) electrons. The van der Waals surface area contributed by atoms with Gasteiger partial charge >= 0.3 is 5.97 Å². The van der Waals surface area contributed by atoms with E-state index in [9.17, 15) is 9.59 Å². The molecule has 0 atom stereocenters. The molecule has 2 aliphatic rings. The van der Waals surface area contributed by atoms with Gasteiger partial charge in [0.25, 0.3) is 5.91 Å². The largest absolute Gasteiger partial charge is 0.492 e. The summed E-state index contributed by atoms with van der Waals surface area (Å²) in [4.78, 5) is 28.8. The zero-order valence-electron chi connectivity index (χ0n) is 22.6. The van der Waals surface area contributed by atoms with Crippen molar-refractivity contribution in [2.45, 2.75) is 6.42 Å². The quantitative estimate of drug-likeness (QED) is 0.198. The Balaban J connectivity index is 1.33. The van der Waals surface area contributed by atoms with E-state index in [2.05, 4.69) is 4.90 Å². The first kappa shape index (κ1) is 30.5. The lowest BCUT2D eigenvalue weighted by Crippen LogP contribution is -2.38. The third-order valence-electron chi connectivity index (χ3n) is 6.99. The Labute approximate surface area is 264 Å². The number of hydrogen-bond acceptors (Lipinski definition) is 7. The van der Waals surface area contributed by atoms with Crippen LogP contribution in [0.25, 0.3) is 17.2 Å². The van der Waals surface area contributed by atoms with Gasteiger partial charge in [0.05, 0.1) is 28.7 Å². The van der Waals surface area contributed by atoms with Gasteiger partial charge in [-0.1, -0.05) is 71.4 Å². The van der Waals surface area contributed by atoms with E-state index in [4.69, 9.17) is 50.0 Å². The van der Waals surface area contributed by atoms with Crippen LogP contribution in [0.1, 0.15) is 21.5 Å². The van der Waals surface area contributed by atoms with Gasteiger partial charge in [-0.05, 0) is 60.0 Å². The number of carbonyl (C=O) groups is 2. The summed E-state index contributed by atoms with van der Waals surface area (Å²) in [5.74, 6) is -0.451. The topological polar surface area (TPSA) is 79.3 Å². The molecule has 0 saturated carbocycles. The van der Waals surface area contributed by atoms with Gasteiger partial charge in [0.1, 0.15) is 16.7 Å². The molecular weight excluding hydrogens is 615 g/mol. The van der Waals surface area contributed by atoms with E-state index >= 15 is 0 Å². The van der Waals surface area contributed by atoms with Crippen LogP contribution in [0, 0.1) is 0 Å². The van der Waals surface area contributed by atoms with Gasteiger partial charge in [-0.2, -0.15) is 0 Å². The number of thiocarbonyl (C=S) groups is 1. The molecule has 0 aromatic heterocycles. The first-order valence-electron chi connectivity index (χ1n) is 13.4. The maximum absolute atomic E-state index is 13.3. The zero-order chi connectivity index (χ0) is 29.6. The van der Waals surface area contributed by atoms with Crippen molar-refractivity contribution >= 4 is 69.5 Å². The summed E-state index contributed by atoms with van der Waals surface area (Å²) >= 11 is 19.5. The molecule has 7 nitrogen and oxygen atoms in total. The minimum Gasteiger partial charge on any atom is -0.492 e. The standard InChI is InChI=1S/C31H28Cl2N2O5S2/c32-23-6-7-24(26(33)19-23)25-17-21(3-8-27(25)40-16-13-34-11-14-39-15-12-34)18-28-29(36)35(31(41)42-28)10-9-20-1-4-22(5-2-20)30(37)38/h1-8,17-19H,9-16H2,(H,37,38)/b28-18-. The number of halogens is 2. The molecule has 1 amide bonds. The maximum atomic E-state index is 13.3. The highest BCUT2D eigenvalue weighted by atomic mass is 35.5. The summed E-state index contributed by atoms with van der Waals surface area (Å²) < 4.78 is 12.1. The van der Waals surface area contributed by atoms with E-state index in [0.29, 0.717) is 44.6 Å². The molecule has 42 heavy (non-hydrogen) atoms. The molecule has 2 aliphatic heterocycles. The predicted octanol–water partition coefficient (Wildman–Crippen LogP) is 6.51. The number of ether oxygens (including phenoxy) is 2. The molecule has 2 heterocycles. The third kappa shape index (κ3) is 7.53. The van der Waals surface area contributed by atoms with E-state index in [0.717, 1.165) is 55.1 Å². The molecule has 2 saturated heterocycles. The average Bonchev–Trinajstić information content (AvgIpc) is 3.24. The first-order valence-corrected chi connectivity index (χ1v) is 15.4. The van der Waals surface area contributed by atoms with Crippen molar-refractivity contribution in [1.82, 2.24) is 9.80 Å². The van der Waals surface area contributed by atoms with Gasteiger partial charge < -0.3 is 14.6 Å². The van der Waals surface area contributed by atoms with Crippen LogP contribution in [0.4, 0.5) is 0 Å². The van der Waals surface area contributed by atoms with Crippen molar-refractivity contribution in [2.24, 2.45) is 0 Å². The summed E-state index contributed by atoms with van der Waals surface area (Å²) in [5, 5.41) is 10.1. The van der Waals surface area contributed by atoms with Crippen molar-refractivity contribution in [3.05, 3.63) is 92.3 Å². The van der Waals surface area contributed by atoms with Crippen LogP contribution in [0.5, 0.6) is 5.75 Å². The third-order valence-corrected chi connectivity index (χ3v) is 8.92. The van der Waals surface area contributed by atoms with Crippen molar-refractivity contribution in [1.29, 1.82) is 0 Å². The normalized spacial score (nSPS) is 16.8. The maximum Gasteiger partial charge on any atom is 0.335 e. The summed E-state index contributed by atoms with van der Waals surface area (Å²) in [6.07, 6.45) is 2.38. The first-order chi connectivity index (χ1) is 20.3. The number of hydrogen-bond donors (Lipinski definition) is 1. The number of thioether (sulfide) groups is 1. The number of morpholine rings is 1. The van der Waals surface area contributed by atoms with Gasteiger partial charge in [0, 0.05) is 42.3 Å². The Morgan fingerprint density at radius 1 is 1.02 bits per heavy atom. The Kier molecular flexibility index (Phi) is 10.2. The number of amides is 1. The SMILES string of the molecule is O=C(O)c1ccc(CCN2C(=O)/C(=C/c3ccc(OCCN4CCOCC4)c(-c4ccc(Cl)cc4Cl)c3)SC2=S)cc1. The van der Waals surface area contributed by atoms with Crippen LogP contribution >= 0.6 is 47.2 Å². The van der Waals surface area contributed by atoms with Crippen molar-refractivity contribution < 1.29 is 24.2 Å². The van der Waals surface area contributed by atoms with Crippen LogP contribution in [0.15, 0.2) is 65.6 Å². The van der Waals surface area contributed by atoms with Crippen molar-refractivity contribution in [2.75, 3.05) is 46.0 Å². The molecule has 0 bridgehead atoms. The monoisotopic (exact) mass is 642 g/mol. The van der Waals surface area contributed by atoms with Crippen molar-refractivity contribution in [3.8, 4) is 16.9 Å². The lowest BCUT2D eigenvalue weighted by molar-refractivity contribution is -0.122. The lowest BCUT2D eigenvalue weighted by Gasteiger charge is -2.26. The lowest BCUT2D eigenvalue weighted by atomic mass is 10.0. The highest BCUT2D eigenvalue weighted by Gasteiger charge is 2.31. The van der Waals surface area contributed by atoms with Gasteiger partial charge in [-0.15, -0.1) is 0 Å². The fraction of sp³-hybridized carbons (Fsp3) is 0.258. The van der Waals surface area contributed by atoms with Crippen LogP contribution in [0.2, 0.25) is 10.0 Å². The summed E-state index contributed by atoms with van der Waals surface area (Å²) in [6, 6.07) is 17.7. The molecule has 0 aliphatic carbocycles.